The van der Waals surface area contributed by atoms with E-state index < -0.39 is 5.97 Å². The molecule has 132 valence electrons. The highest BCUT2D eigenvalue weighted by molar-refractivity contribution is 6.14. The van der Waals surface area contributed by atoms with Crippen LogP contribution in [0.15, 0.2) is 84.9 Å². The van der Waals surface area contributed by atoms with Gasteiger partial charge in [-0.05, 0) is 23.8 Å². The van der Waals surface area contributed by atoms with Gasteiger partial charge in [0.25, 0.3) is 0 Å². The fourth-order valence-corrected chi connectivity index (χ4v) is 3.11. The Balaban J connectivity index is 1.66. The van der Waals surface area contributed by atoms with Gasteiger partial charge < -0.3 is 9.72 Å². The summed E-state index contributed by atoms with van der Waals surface area (Å²) in [6.45, 7) is -0.310. The summed E-state index contributed by atoms with van der Waals surface area (Å²) in [5.74, 6) is -0.749. The molecular formula is C23H17NO3. The summed E-state index contributed by atoms with van der Waals surface area (Å²) in [6, 6.07) is 25.9. The van der Waals surface area contributed by atoms with Gasteiger partial charge in [0.15, 0.2) is 6.61 Å². The van der Waals surface area contributed by atoms with Crippen molar-refractivity contribution >= 4 is 22.7 Å². The zero-order valence-electron chi connectivity index (χ0n) is 14.5. The summed E-state index contributed by atoms with van der Waals surface area (Å²) in [5.41, 5.74) is 3.48. The van der Waals surface area contributed by atoms with E-state index in [4.69, 9.17) is 4.74 Å². The van der Waals surface area contributed by atoms with E-state index in [0.717, 1.165) is 22.2 Å². The third kappa shape index (κ3) is 3.37. The van der Waals surface area contributed by atoms with Crippen LogP contribution < -0.4 is 0 Å². The molecule has 0 unspecified atom stereocenters. The van der Waals surface area contributed by atoms with E-state index in [1.165, 1.54) is 0 Å². The van der Waals surface area contributed by atoms with Crippen molar-refractivity contribution in [1.82, 2.24) is 4.98 Å². The highest BCUT2D eigenvalue weighted by Crippen LogP contribution is 2.30. The smallest absolute Gasteiger partial charge is 0.338 e. The van der Waals surface area contributed by atoms with Gasteiger partial charge in [-0.3, -0.25) is 4.79 Å². The summed E-state index contributed by atoms with van der Waals surface area (Å²) >= 11 is 0. The van der Waals surface area contributed by atoms with Gasteiger partial charge in [-0.2, -0.15) is 0 Å². The van der Waals surface area contributed by atoms with Crippen molar-refractivity contribution in [2.24, 2.45) is 0 Å². The Morgan fingerprint density at radius 1 is 0.778 bits per heavy atom. The fourth-order valence-electron chi connectivity index (χ4n) is 3.11. The Labute approximate surface area is 156 Å². The van der Waals surface area contributed by atoms with Crippen molar-refractivity contribution in [2.45, 2.75) is 0 Å². The van der Waals surface area contributed by atoms with Crippen molar-refractivity contribution in [3.05, 3.63) is 96.1 Å². The number of hydrogen-bond donors (Lipinski definition) is 1. The van der Waals surface area contributed by atoms with Gasteiger partial charge in [-0.25, -0.2) is 4.79 Å². The molecule has 4 heteroatoms. The quantitative estimate of drug-likeness (QED) is 0.410. The Morgan fingerprint density at radius 2 is 1.41 bits per heavy atom. The predicted molar refractivity (Wildman–Crippen MR) is 105 cm³/mol. The molecule has 0 fully saturated rings. The number of benzene rings is 3. The normalized spacial score (nSPS) is 10.7. The van der Waals surface area contributed by atoms with Crippen LogP contribution in [0.5, 0.6) is 0 Å². The number of nitrogens with one attached hydrogen (secondary N) is 1. The van der Waals surface area contributed by atoms with E-state index in [1.54, 1.807) is 24.3 Å². The minimum absolute atomic E-state index is 0.240. The molecule has 1 aromatic heterocycles. The van der Waals surface area contributed by atoms with Crippen LogP contribution in [0.25, 0.3) is 22.2 Å². The van der Waals surface area contributed by atoms with Gasteiger partial charge in [0, 0.05) is 10.9 Å². The number of rotatable bonds is 5. The van der Waals surface area contributed by atoms with E-state index in [2.05, 4.69) is 4.98 Å². The Bertz CT molecular complexity index is 1100. The number of ether oxygens (including phenoxy) is 1. The number of fused-ring (bicyclic) bond motifs is 1. The average Bonchev–Trinajstić information content (AvgIpc) is 3.13. The first-order chi connectivity index (χ1) is 13.2. The van der Waals surface area contributed by atoms with Crippen molar-refractivity contribution in [3.63, 3.8) is 0 Å². The second kappa shape index (κ2) is 7.30. The largest absolute Gasteiger partial charge is 0.454 e. The Kier molecular flexibility index (Phi) is 4.54. The fraction of sp³-hybridized carbons (Fsp3) is 0.0435. The third-order valence-corrected chi connectivity index (χ3v) is 4.39. The lowest BCUT2D eigenvalue weighted by Crippen LogP contribution is -2.14. The van der Waals surface area contributed by atoms with Gasteiger partial charge in [0.05, 0.1) is 16.8 Å². The number of aromatic nitrogens is 1. The van der Waals surface area contributed by atoms with Crippen LogP contribution in [-0.2, 0) is 4.74 Å². The van der Waals surface area contributed by atoms with E-state index in [0.29, 0.717) is 11.1 Å². The molecule has 4 aromatic rings. The standard InChI is InChI=1S/C23H17NO3/c25-20(15-27-23(26)17-11-5-2-6-12-17)21-18-13-7-8-14-19(18)24-22(21)16-9-3-1-4-10-16/h1-14,24H,15H2. The van der Waals surface area contributed by atoms with Crippen LogP contribution in [0.3, 0.4) is 0 Å². The number of H-pyrrole nitrogens is 1. The maximum absolute atomic E-state index is 13.0. The van der Waals surface area contributed by atoms with E-state index >= 15 is 0 Å². The highest BCUT2D eigenvalue weighted by Gasteiger charge is 2.21. The zero-order valence-corrected chi connectivity index (χ0v) is 14.5. The van der Waals surface area contributed by atoms with Gasteiger partial charge in [0.1, 0.15) is 0 Å². The van der Waals surface area contributed by atoms with Gasteiger partial charge in [-0.15, -0.1) is 0 Å². The molecule has 1 heterocycles. The van der Waals surface area contributed by atoms with Crippen molar-refractivity contribution in [3.8, 4) is 11.3 Å². The molecule has 0 atom stereocenters. The van der Waals surface area contributed by atoms with E-state index in [9.17, 15) is 9.59 Å². The topological polar surface area (TPSA) is 59.2 Å². The predicted octanol–water partition coefficient (Wildman–Crippen LogP) is 4.87. The Morgan fingerprint density at radius 3 is 2.15 bits per heavy atom. The second-order valence-electron chi connectivity index (χ2n) is 6.15. The maximum atomic E-state index is 13.0. The molecule has 0 saturated heterocycles. The van der Waals surface area contributed by atoms with E-state index in [1.807, 2.05) is 60.7 Å². The molecular weight excluding hydrogens is 338 g/mol. The lowest BCUT2D eigenvalue weighted by atomic mass is 10.0. The van der Waals surface area contributed by atoms with Gasteiger partial charge in [0.2, 0.25) is 5.78 Å². The summed E-state index contributed by atoms with van der Waals surface area (Å²) < 4.78 is 5.25. The van der Waals surface area contributed by atoms with Crippen LogP contribution in [0.1, 0.15) is 20.7 Å². The maximum Gasteiger partial charge on any atom is 0.338 e. The van der Waals surface area contributed by atoms with Crippen molar-refractivity contribution in [2.75, 3.05) is 6.61 Å². The molecule has 0 radical (unpaired) electrons. The number of para-hydroxylation sites is 1. The van der Waals surface area contributed by atoms with Crippen LogP contribution in [0.2, 0.25) is 0 Å². The van der Waals surface area contributed by atoms with Crippen molar-refractivity contribution in [1.29, 1.82) is 0 Å². The summed E-state index contributed by atoms with van der Waals surface area (Å²) in [6.07, 6.45) is 0. The third-order valence-electron chi connectivity index (χ3n) is 4.39. The molecule has 0 aliphatic rings. The molecule has 0 aliphatic heterocycles. The molecule has 4 nitrogen and oxygen atoms in total. The monoisotopic (exact) mass is 355 g/mol. The number of carbonyl (C=O) groups excluding carboxylic acids is 2. The summed E-state index contributed by atoms with van der Waals surface area (Å²) in [5, 5.41) is 0.817. The first-order valence-electron chi connectivity index (χ1n) is 8.65. The molecule has 0 aliphatic carbocycles. The number of aromatic amines is 1. The molecule has 4 rings (SSSR count). The number of esters is 1. The molecule has 0 amide bonds. The number of carbonyl (C=O) groups is 2. The van der Waals surface area contributed by atoms with Crippen molar-refractivity contribution < 1.29 is 14.3 Å². The molecule has 0 spiro atoms. The van der Waals surface area contributed by atoms with Gasteiger partial charge in [-0.1, -0.05) is 66.7 Å². The summed E-state index contributed by atoms with van der Waals surface area (Å²) in [7, 11) is 0. The molecule has 3 aromatic carbocycles. The first-order valence-corrected chi connectivity index (χ1v) is 8.65. The SMILES string of the molecule is O=C(OCC(=O)c1c(-c2ccccc2)[nH]c2ccccc12)c1ccccc1. The highest BCUT2D eigenvalue weighted by atomic mass is 16.5. The minimum atomic E-state index is -0.509. The first kappa shape index (κ1) is 16.8. The minimum Gasteiger partial charge on any atom is -0.454 e. The second-order valence-corrected chi connectivity index (χ2v) is 6.15. The number of Topliss-reactive ketones (excluding diaryl/α,β-unsaturated/α-hetero) is 1. The van der Waals surface area contributed by atoms with Crippen LogP contribution >= 0.6 is 0 Å². The van der Waals surface area contributed by atoms with E-state index in [-0.39, 0.29) is 12.4 Å². The number of ketones is 1. The Hall–Kier alpha value is -3.66. The molecule has 1 N–H and O–H groups in total. The summed E-state index contributed by atoms with van der Waals surface area (Å²) in [4.78, 5) is 28.4. The molecule has 27 heavy (non-hydrogen) atoms. The van der Waals surface area contributed by atoms with Gasteiger partial charge >= 0.3 is 5.97 Å². The number of hydrogen-bond acceptors (Lipinski definition) is 3. The zero-order chi connectivity index (χ0) is 18.6. The average molecular weight is 355 g/mol. The molecule has 0 saturated carbocycles. The van der Waals surface area contributed by atoms with Crippen LogP contribution in [-0.4, -0.2) is 23.3 Å². The lowest BCUT2D eigenvalue weighted by Gasteiger charge is -2.06. The van der Waals surface area contributed by atoms with Crippen LogP contribution in [0.4, 0.5) is 0 Å². The molecule has 0 bridgehead atoms. The lowest BCUT2D eigenvalue weighted by molar-refractivity contribution is 0.0475. The van der Waals surface area contributed by atoms with Crippen LogP contribution in [0, 0.1) is 0 Å².